The van der Waals surface area contributed by atoms with Crippen molar-refractivity contribution in [1.82, 2.24) is 15.1 Å². The van der Waals surface area contributed by atoms with Gasteiger partial charge >= 0.3 is 0 Å². The molecule has 0 atom stereocenters. The van der Waals surface area contributed by atoms with Crippen molar-refractivity contribution in [3.63, 3.8) is 0 Å². The Kier molecular flexibility index (Phi) is 4.11. The summed E-state index contributed by atoms with van der Waals surface area (Å²) in [4.78, 5) is 26.7. The zero-order valence-electron chi connectivity index (χ0n) is 15.6. The first-order valence-electron chi connectivity index (χ1n) is 9.77. The summed E-state index contributed by atoms with van der Waals surface area (Å²) >= 11 is 0. The number of carbonyl (C=O) groups excluding carboxylic acids is 2. The van der Waals surface area contributed by atoms with Gasteiger partial charge in [0, 0.05) is 12.0 Å². The minimum Gasteiger partial charge on any atom is -0.332 e. The molecular weight excluding hydrogens is 352 g/mol. The van der Waals surface area contributed by atoms with E-state index in [0.717, 1.165) is 27.6 Å². The topological polar surface area (TPSA) is 78.1 Å². The molecule has 0 bridgehead atoms. The first kappa shape index (κ1) is 17.0. The number of nitrogens with one attached hydrogen (secondary N) is 2. The third-order valence-electron chi connectivity index (χ3n) is 5.60. The van der Waals surface area contributed by atoms with Gasteiger partial charge in [-0.05, 0) is 35.1 Å². The van der Waals surface area contributed by atoms with Crippen molar-refractivity contribution in [2.24, 2.45) is 5.92 Å². The highest BCUT2D eigenvalue weighted by Gasteiger charge is 2.32. The van der Waals surface area contributed by atoms with Crippen molar-refractivity contribution in [3.8, 4) is 0 Å². The van der Waals surface area contributed by atoms with E-state index >= 15 is 0 Å². The minimum atomic E-state index is -0.0931. The summed E-state index contributed by atoms with van der Waals surface area (Å²) < 4.78 is 0. The molecule has 142 valence electrons. The Morgan fingerprint density at radius 1 is 1.11 bits per heavy atom. The second kappa shape index (κ2) is 6.78. The Morgan fingerprint density at radius 2 is 1.93 bits per heavy atom. The molecule has 0 saturated heterocycles. The molecule has 2 amide bonds. The lowest BCUT2D eigenvalue weighted by atomic mass is 10.0. The van der Waals surface area contributed by atoms with Crippen LogP contribution in [0.1, 0.15) is 36.1 Å². The summed E-state index contributed by atoms with van der Waals surface area (Å²) in [5, 5.41) is 12.4. The van der Waals surface area contributed by atoms with Crippen LogP contribution in [0.2, 0.25) is 0 Å². The minimum absolute atomic E-state index is 0.0931. The molecule has 1 saturated carbocycles. The van der Waals surface area contributed by atoms with Crippen LogP contribution >= 0.6 is 0 Å². The number of hydrogen-bond acceptors (Lipinski definition) is 3. The Bertz CT molecular complexity index is 1070. The lowest BCUT2D eigenvalue weighted by Crippen LogP contribution is -2.26. The van der Waals surface area contributed by atoms with Crippen LogP contribution in [0.5, 0.6) is 0 Å². The van der Waals surface area contributed by atoms with Crippen LogP contribution in [0.4, 0.5) is 5.82 Å². The summed E-state index contributed by atoms with van der Waals surface area (Å²) in [7, 11) is 0. The van der Waals surface area contributed by atoms with Crippen LogP contribution in [0.25, 0.3) is 10.8 Å². The average molecular weight is 374 g/mol. The lowest BCUT2D eigenvalue weighted by Gasteiger charge is -2.15. The number of hydrogen-bond donors (Lipinski definition) is 2. The molecule has 0 unspecified atom stereocenters. The highest BCUT2D eigenvalue weighted by Crippen LogP contribution is 2.35. The Hall–Kier alpha value is -3.15. The highest BCUT2D eigenvalue weighted by atomic mass is 16.2. The summed E-state index contributed by atoms with van der Waals surface area (Å²) in [6.07, 6.45) is 3.27. The van der Waals surface area contributed by atoms with Crippen LogP contribution in [0.15, 0.2) is 42.5 Å². The van der Waals surface area contributed by atoms with Crippen molar-refractivity contribution in [2.75, 3.05) is 5.32 Å². The van der Waals surface area contributed by atoms with Gasteiger partial charge in [0.25, 0.3) is 0 Å². The van der Waals surface area contributed by atoms with Gasteiger partial charge in [-0.2, -0.15) is 5.10 Å². The number of aromatic nitrogens is 2. The van der Waals surface area contributed by atoms with Crippen LogP contribution in [-0.4, -0.2) is 26.9 Å². The van der Waals surface area contributed by atoms with Crippen LogP contribution < -0.4 is 5.32 Å². The molecule has 2 aliphatic rings. The van der Waals surface area contributed by atoms with Gasteiger partial charge in [0.05, 0.1) is 25.2 Å². The molecule has 2 aromatic carbocycles. The molecule has 0 radical (unpaired) electrons. The molecule has 2 heterocycles. The van der Waals surface area contributed by atoms with E-state index in [-0.39, 0.29) is 11.8 Å². The van der Waals surface area contributed by atoms with E-state index in [9.17, 15) is 9.59 Å². The fraction of sp³-hybridized carbons (Fsp3) is 0.318. The van der Waals surface area contributed by atoms with Crippen LogP contribution in [0.3, 0.4) is 0 Å². The van der Waals surface area contributed by atoms with E-state index in [1.54, 1.807) is 0 Å². The largest absolute Gasteiger partial charge is 0.332 e. The molecule has 6 nitrogen and oxygen atoms in total. The van der Waals surface area contributed by atoms with Gasteiger partial charge in [-0.1, -0.05) is 42.5 Å². The van der Waals surface area contributed by atoms with Gasteiger partial charge in [0.2, 0.25) is 11.8 Å². The summed E-state index contributed by atoms with van der Waals surface area (Å²) in [6, 6.07) is 14.2. The predicted molar refractivity (Wildman–Crippen MR) is 106 cm³/mol. The van der Waals surface area contributed by atoms with Gasteiger partial charge in [0.15, 0.2) is 0 Å². The van der Waals surface area contributed by atoms with Crippen molar-refractivity contribution in [3.05, 3.63) is 59.3 Å². The maximum atomic E-state index is 12.5. The monoisotopic (exact) mass is 374 g/mol. The van der Waals surface area contributed by atoms with E-state index in [4.69, 9.17) is 0 Å². The van der Waals surface area contributed by atoms with Crippen LogP contribution in [0, 0.1) is 5.92 Å². The molecule has 28 heavy (non-hydrogen) atoms. The fourth-order valence-electron chi connectivity index (χ4n) is 3.83. The van der Waals surface area contributed by atoms with Gasteiger partial charge in [-0.25, -0.2) is 0 Å². The molecule has 1 aliphatic carbocycles. The smallest absolute Gasteiger partial charge is 0.229 e. The van der Waals surface area contributed by atoms with Crippen molar-refractivity contribution >= 4 is 28.4 Å². The molecular formula is C22H22N4O2. The SMILES string of the molecule is O=C(Cc1ccc2ccccc2c1)Nc1[nH]nc2c1CN(C(=O)CC1CC1)C2. The first-order chi connectivity index (χ1) is 13.7. The Balaban J connectivity index is 1.24. The number of aromatic amines is 1. The van der Waals surface area contributed by atoms with E-state index in [2.05, 4.69) is 21.6 Å². The molecule has 1 fully saturated rings. The molecule has 0 spiro atoms. The standard InChI is InChI=1S/C22H22N4O2/c27-20(10-15-7-8-16-3-1-2-4-17(16)9-15)23-22-18-12-26(13-19(18)24-25-22)21(28)11-14-5-6-14/h1-4,7-9,14H,5-6,10-13H2,(H2,23,24,25,27). The maximum absolute atomic E-state index is 12.5. The van der Waals surface area contributed by atoms with Gasteiger partial charge in [-0.3, -0.25) is 14.7 Å². The fourth-order valence-corrected chi connectivity index (χ4v) is 3.83. The van der Waals surface area contributed by atoms with Crippen molar-refractivity contribution in [1.29, 1.82) is 0 Å². The van der Waals surface area contributed by atoms with E-state index in [1.807, 2.05) is 41.3 Å². The number of fused-ring (bicyclic) bond motifs is 2. The molecule has 6 heteroatoms. The number of benzene rings is 2. The van der Waals surface area contributed by atoms with Crippen LogP contribution in [-0.2, 0) is 29.1 Å². The average Bonchev–Trinajstić information content (AvgIpc) is 3.27. The van der Waals surface area contributed by atoms with Crippen molar-refractivity contribution < 1.29 is 9.59 Å². The summed E-state index contributed by atoms with van der Waals surface area (Å²) in [5.74, 6) is 1.28. The quantitative estimate of drug-likeness (QED) is 0.719. The zero-order chi connectivity index (χ0) is 19.1. The number of amides is 2. The zero-order valence-corrected chi connectivity index (χ0v) is 15.6. The van der Waals surface area contributed by atoms with Gasteiger partial charge in [-0.15, -0.1) is 0 Å². The molecule has 2 N–H and O–H groups in total. The van der Waals surface area contributed by atoms with E-state index in [0.29, 0.717) is 37.7 Å². The maximum Gasteiger partial charge on any atom is 0.229 e. The normalized spacial score (nSPS) is 15.6. The number of H-pyrrole nitrogens is 1. The van der Waals surface area contributed by atoms with E-state index < -0.39 is 0 Å². The number of carbonyl (C=O) groups is 2. The third-order valence-corrected chi connectivity index (χ3v) is 5.60. The molecule has 1 aliphatic heterocycles. The molecule has 5 rings (SSSR count). The Morgan fingerprint density at radius 3 is 2.75 bits per heavy atom. The third kappa shape index (κ3) is 3.38. The van der Waals surface area contributed by atoms with E-state index in [1.165, 1.54) is 12.8 Å². The van der Waals surface area contributed by atoms with Gasteiger partial charge in [0.1, 0.15) is 5.82 Å². The molecule has 1 aromatic heterocycles. The number of anilines is 1. The second-order valence-corrected chi connectivity index (χ2v) is 7.83. The predicted octanol–water partition coefficient (Wildman–Crippen LogP) is 3.39. The Labute approximate surface area is 162 Å². The second-order valence-electron chi connectivity index (χ2n) is 7.83. The first-order valence-corrected chi connectivity index (χ1v) is 9.77. The number of nitrogens with zero attached hydrogens (tertiary/aromatic N) is 2. The summed E-state index contributed by atoms with van der Waals surface area (Å²) in [6.45, 7) is 1.04. The van der Waals surface area contributed by atoms with Gasteiger partial charge < -0.3 is 10.2 Å². The number of rotatable bonds is 5. The lowest BCUT2D eigenvalue weighted by molar-refractivity contribution is -0.132. The van der Waals surface area contributed by atoms with Crippen molar-refractivity contribution in [2.45, 2.75) is 38.8 Å². The molecule has 3 aromatic rings. The summed E-state index contributed by atoms with van der Waals surface area (Å²) in [5.41, 5.74) is 2.75. The highest BCUT2D eigenvalue weighted by molar-refractivity contribution is 5.93.